The van der Waals surface area contributed by atoms with Gasteiger partial charge in [-0.05, 0) is 30.2 Å². The Morgan fingerprint density at radius 3 is 2.65 bits per heavy atom. The van der Waals surface area contributed by atoms with Crippen molar-refractivity contribution < 1.29 is 9.21 Å². The van der Waals surface area contributed by atoms with Gasteiger partial charge in [-0.2, -0.15) is 0 Å². The molecule has 2 aromatic rings. The van der Waals surface area contributed by atoms with Crippen LogP contribution in [0.15, 0.2) is 35.1 Å². The number of amides is 1. The van der Waals surface area contributed by atoms with Crippen molar-refractivity contribution in [1.82, 2.24) is 10.2 Å². The first-order chi connectivity index (χ1) is 9.61. The molecule has 1 amide bonds. The zero-order chi connectivity index (χ0) is 14.5. The molecule has 0 bridgehead atoms. The maximum absolute atomic E-state index is 11.9. The van der Waals surface area contributed by atoms with Crippen LogP contribution in [0.4, 0.5) is 5.69 Å². The number of nitrogens with one attached hydrogen (secondary N) is 1. The van der Waals surface area contributed by atoms with E-state index in [0.717, 1.165) is 12.0 Å². The second-order valence-corrected chi connectivity index (χ2v) is 4.72. The summed E-state index contributed by atoms with van der Waals surface area (Å²) in [4.78, 5) is 11.9. The summed E-state index contributed by atoms with van der Waals surface area (Å²) in [6.45, 7) is 3.97. The lowest BCUT2D eigenvalue weighted by Gasteiger charge is -2.17. The summed E-state index contributed by atoms with van der Waals surface area (Å²) in [6.07, 6.45) is 2.14. The molecular weight excluding hydrogens is 256 g/mol. The third kappa shape index (κ3) is 3.21. The molecule has 2 unspecified atom stereocenters. The molecule has 2 rings (SSSR count). The molecule has 6 heteroatoms. The van der Waals surface area contributed by atoms with Gasteiger partial charge < -0.3 is 15.5 Å². The van der Waals surface area contributed by atoms with E-state index in [0.29, 0.717) is 11.6 Å². The number of anilines is 1. The van der Waals surface area contributed by atoms with Crippen molar-refractivity contribution in [1.29, 1.82) is 0 Å². The number of aromatic nitrogens is 2. The molecule has 2 atom stereocenters. The fourth-order valence-corrected chi connectivity index (χ4v) is 1.73. The number of rotatable bonds is 5. The van der Waals surface area contributed by atoms with Crippen LogP contribution in [0.25, 0.3) is 11.5 Å². The minimum absolute atomic E-state index is 0.146. The summed E-state index contributed by atoms with van der Waals surface area (Å²) < 4.78 is 5.10. The van der Waals surface area contributed by atoms with E-state index in [1.54, 1.807) is 24.3 Å². The first-order valence-electron chi connectivity index (χ1n) is 6.55. The highest BCUT2D eigenvalue weighted by Crippen LogP contribution is 2.19. The van der Waals surface area contributed by atoms with E-state index in [9.17, 15) is 4.79 Å². The van der Waals surface area contributed by atoms with Gasteiger partial charge in [0.1, 0.15) is 0 Å². The highest BCUT2D eigenvalue weighted by Gasteiger charge is 2.19. The minimum atomic E-state index is -0.504. The van der Waals surface area contributed by atoms with Crippen LogP contribution in [0, 0.1) is 5.92 Å². The zero-order valence-corrected chi connectivity index (χ0v) is 11.5. The minimum Gasteiger partial charge on any atom is -0.423 e. The number of carbonyl (C=O) groups is 1. The van der Waals surface area contributed by atoms with E-state index >= 15 is 0 Å². The number of nitrogens with zero attached hydrogens (tertiary/aromatic N) is 2. The number of carbonyl (C=O) groups excluding carboxylic acids is 1. The van der Waals surface area contributed by atoms with E-state index in [2.05, 4.69) is 15.5 Å². The van der Waals surface area contributed by atoms with Crippen molar-refractivity contribution in [3.8, 4) is 11.5 Å². The lowest BCUT2D eigenvalue weighted by Crippen LogP contribution is -2.40. The van der Waals surface area contributed by atoms with Gasteiger partial charge in [0.25, 0.3) is 0 Å². The summed E-state index contributed by atoms with van der Waals surface area (Å²) in [5.41, 5.74) is 7.37. The summed E-state index contributed by atoms with van der Waals surface area (Å²) in [5.74, 6) is 0.414. The van der Waals surface area contributed by atoms with Crippen molar-refractivity contribution >= 4 is 11.6 Å². The molecule has 0 aliphatic rings. The van der Waals surface area contributed by atoms with E-state index in [1.165, 1.54) is 6.39 Å². The second kappa shape index (κ2) is 6.29. The van der Waals surface area contributed by atoms with Gasteiger partial charge in [-0.25, -0.2) is 0 Å². The summed E-state index contributed by atoms with van der Waals surface area (Å²) in [5, 5.41) is 10.2. The molecule has 106 valence electrons. The number of hydrogen-bond acceptors (Lipinski definition) is 5. The average molecular weight is 274 g/mol. The van der Waals surface area contributed by atoms with Crippen LogP contribution < -0.4 is 11.1 Å². The number of benzene rings is 1. The van der Waals surface area contributed by atoms with E-state index < -0.39 is 6.04 Å². The quantitative estimate of drug-likeness (QED) is 0.870. The molecule has 0 spiro atoms. The standard InChI is InChI=1S/C14H18N4O2/c1-3-9(2)12(15)13(19)17-11-6-4-10(5-7-11)14-18-16-8-20-14/h4-9,12H,3,15H2,1-2H3,(H,17,19). The highest BCUT2D eigenvalue weighted by atomic mass is 16.4. The van der Waals surface area contributed by atoms with Crippen LogP contribution in [0.5, 0.6) is 0 Å². The van der Waals surface area contributed by atoms with Crippen molar-refractivity contribution in [2.45, 2.75) is 26.3 Å². The molecular formula is C14H18N4O2. The largest absolute Gasteiger partial charge is 0.423 e. The molecule has 0 aliphatic heterocycles. The lowest BCUT2D eigenvalue weighted by molar-refractivity contribution is -0.118. The lowest BCUT2D eigenvalue weighted by atomic mass is 9.99. The molecule has 1 heterocycles. The van der Waals surface area contributed by atoms with E-state index in [4.69, 9.17) is 10.2 Å². The Morgan fingerprint density at radius 1 is 1.40 bits per heavy atom. The second-order valence-electron chi connectivity index (χ2n) is 4.72. The van der Waals surface area contributed by atoms with Crippen molar-refractivity contribution in [2.24, 2.45) is 11.7 Å². The third-order valence-electron chi connectivity index (χ3n) is 3.32. The van der Waals surface area contributed by atoms with Gasteiger partial charge >= 0.3 is 0 Å². The van der Waals surface area contributed by atoms with Crippen molar-refractivity contribution in [3.05, 3.63) is 30.7 Å². The Hall–Kier alpha value is -2.21. The van der Waals surface area contributed by atoms with Gasteiger partial charge in [0.05, 0.1) is 6.04 Å². The molecule has 3 N–H and O–H groups in total. The molecule has 6 nitrogen and oxygen atoms in total. The average Bonchev–Trinajstić information content (AvgIpc) is 3.00. The molecule has 1 aromatic carbocycles. The fourth-order valence-electron chi connectivity index (χ4n) is 1.73. The van der Waals surface area contributed by atoms with Crippen LogP contribution in [-0.2, 0) is 4.79 Å². The molecule has 0 aliphatic carbocycles. The van der Waals surface area contributed by atoms with Gasteiger partial charge in [0.2, 0.25) is 18.2 Å². The summed E-state index contributed by atoms with van der Waals surface area (Å²) in [7, 11) is 0. The highest BCUT2D eigenvalue weighted by molar-refractivity contribution is 5.95. The van der Waals surface area contributed by atoms with Gasteiger partial charge in [0.15, 0.2) is 0 Å². The smallest absolute Gasteiger partial charge is 0.247 e. The topological polar surface area (TPSA) is 94.0 Å². The number of hydrogen-bond donors (Lipinski definition) is 2. The van der Waals surface area contributed by atoms with Crippen LogP contribution >= 0.6 is 0 Å². The van der Waals surface area contributed by atoms with Gasteiger partial charge in [-0.3, -0.25) is 4.79 Å². The van der Waals surface area contributed by atoms with Gasteiger partial charge in [0, 0.05) is 11.3 Å². The normalized spacial score (nSPS) is 13.8. The van der Waals surface area contributed by atoms with Gasteiger partial charge in [-0.1, -0.05) is 20.3 Å². The van der Waals surface area contributed by atoms with E-state index in [1.807, 2.05) is 13.8 Å². The first-order valence-corrected chi connectivity index (χ1v) is 6.55. The summed E-state index contributed by atoms with van der Waals surface area (Å²) >= 11 is 0. The molecule has 0 saturated heterocycles. The fraction of sp³-hybridized carbons (Fsp3) is 0.357. The maximum Gasteiger partial charge on any atom is 0.247 e. The monoisotopic (exact) mass is 274 g/mol. The molecule has 1 aromatic heterocycles. The molecule has 0 radical (unpaired) electrons. The maximum atomic E-state index is 11.9. The molecule has 20 heavy (non-hydrogen) atoms. The zero-order valence-electron chi connectivity index (χ0n) is 11.5. The summed E-state index contributed by atoms with van der Waals surface area (Å²) in [6, 6.07) is 6.66. The first kappa shape index (κ1) is 14.2. The van der Waals surface area contributed by atoms with Crippen LogP contribution in [-0.4, -0.2) is 22.1 Å². The Bertz CT molecular complexity index is 551. The Balaban J connectivity index is 2.02. The van der Waals surface area contributed by atoms with Crippen LogP contribution in [0.1, 0.15) is 20.3 Å². The number of nitrogens with two attached hydrogens (primary N) is 1. The van der Waals surface area contributed by atoms with Crippen molar-refractivity contribution in [2.75, 3.05) is 5.32 Å². The van der Waals surface area contributed by atoms with Gasteiger partial charge in [-0.15, -0.1) is 10.2 Å². The predicted octanol–water partition coefficient (Wildman–Crippen LogP) is 2.05. The van der Waals surface area contributed by atoms with Crippen LogP contribution in [0.3, 0.4) is 0 Å². The predicted molar refractivity (Wildman–Crippen MR) is 75.8 cm³/mol. The Morgan fingerprint density at radius 2 is 2.10 bits per heavy atom. The van der Waals surface area contributed by atoms with E-state index in [-0.39, 0.29) is 11.8 Å². The Kier molecular flexibility index (Phi) is 4.47. The SMILES string of the molecule is CCC(C)C(N)C(=O)Nc1ccc(-c2nnco2)cc1. The Labute approximate surface area is 117 Å². The molecule has 0 fully saturated rings. The third-order valence-corrected chi connectivity index (χ3v) is 3.32. The van der Waals surface area contributed by atoms with Crippen LogP contribution in [0.2, 0.25) is 0 Å². The molecule has 0 saturated carbocycles. The van der Waals surface area contributed by atoms with Crippen molar-refractivity contribution in [3.63, 3.8) is 0 Å².